The zero-order valence-corrected chi connectivity index (χ0v) is 14.7. The minimum atomic E-state index is 0.113. The van der Waals surface area contributed by atoms with Gasteiger partial charge < -0.3 is 15.8 Å². The molecule has 3 aromatic rings. The number of aryl methyl sites for hydroxylation is 1. The highest BCUT2D eigenvalue weighted by Gasteiger charge is 2.13. The maximum Gasteiger partial charge on any atom is 0.232 e. The van der Waals surface area contributed by atoms with E-state index in [0.717, 1.165) is 5.69 Å². The second kappa shape index (κ2) is 7.36. The smallest absolute Gasteiger partial charge is 0.232 e. The zero-order valence-electron chi connectivity index (χ0n) is 14.0. The Balaban J connectivity index is 1.99. The van der Waals surface area contributed by atoms with Gasteiger partial charge in [0.25, 0.3) is 0 Å². The van der Waals surface area contributed by atoms with E-state index in [9.17, 15) is 0 Å². The number of hydrogen-bond donors (Lipinski definition) is 2. The molecule has 7 heteroatoms. The van der Waals surface area contributed by atoms with E-state index >= 15 is 0 Å². The number of nitrogens with two attached hydrogens (primary N) is 1. The molecule has 3 N–H and O–H groups in total. The predicted molar refractivity (Wildman–Crippen MR) is 100 cm³/mol. The van der Waals surface area contributed by atoms with Crippen LogP contribution in [0.5, 0.6) is 5.75 Å². The fourth-order valence-corrected chi connectivity index (χ4v) is 2.47. The molecule has 0 saturated carbocycles. The standard InChI is InChI=1S/C18H18ClN5O/c1-3-25-15-9-6-12(19)10-14(15)16-22-17(20)24-18(23-16)21-13-7-4-11(2)5-8-13/h4-10H,3H2,1-2H3,(H3,20,21,22,23,24). The summed E-state index contributed by atoms with van der Waals surface area (Å²) in [4.78, 5) is 12.8. The van der Waals surface area contributed by atoms with Crippen molar-refractivity contribution >= 4 is 29.2 Å². The summed E-state index contributed by atoms with van der Waals surface area (Å²) in [6.07, 6.45) is 0. The largest absolute Gasteiger partial charge is 0.493 e. The minimum absolute atomic E-state index is 0.113. The zero-order chi connectivity index (χ0) is 17.8. The molecule has 1 aromatic heterocycles. The summed E-state index contributed by atoms with van der Waals surface area (Å²) in [5, 5.41) is 3.69. The first-order valence-electron chi connectivity index (χ1n) is 7.83. The predicted octanol–water partition coefficient (Wildman–Crippen LogP) is 4.22. The van der Waals surface area contributed by atoms with Crippen molar-refractivity contribution in [2.24, 2.45) is 0 Å². The molecule has 0 spiro atoms. The summed E-state index contributed by atoms with van der Waals surface area (Å²) < 4.78 is 5.64. The second-order valence-corrected chi connectivity index (χ2v) is 5.84. The van der Waals surface area contributed by atoms with Crippen LogP contribution in [0.3, 0.4) is 0 Å². The van der Waals surface area contributed by atoms with Gasteiger partial charge in [0, 0.05) is 10.7 Å². The highest BCUT2D eigenvalue weighted by Crippen LogP contribution is 2.31. The van der Waals surface area contributed by atoms with E-state index in [4.69, 9.17) is 22.1 Å². The Bertz CT molecular complexity index is 883. The van der Waals surface area contributed by atoms with Crippen LogP contribution in [0, 0.1) is 6.92 Å². The van der Waals surface area contributed by atoms with E-state index in [1.165, 1.54) is 5.56 Å². The van der Waals surface area contributed by atoms with Gasteiger partial charge in [-0.15, -0.1) is 0 Å². The first-order valence-corrected chi connectivity index (χ1v) is 8.21. The van der Waals surface area contributed by atoms with Crippen molar-refractivity contribution in [2.75, 3.05) is 17.7 Å². The number of aromatic nitrogens is 3. The molecule has 0 unspecified atom stereocenters. The lowest BCUT2D eigenvalue weighted by atomic mass is 10.2. The van der Waals surface area contributed by atoms with E-state index < -0.39 is 0 Å². The fraction of sp³-hybridized carbons (Fsp3) is 0.167. The normalized spacial score (nSPS) is 10.5. The maximum atomic E-state index is 6.12. The van der Waals surface area contributed by atoms with E-state index in [1.54, 1.807) is 18.2 Å². The van der Waals surface area contributed by atoms with E-state index in [2.05, 4.69) is 20.3 Å². The first kappa shape index (κ1) is 17.0. The summed E-state index contributed by atoms with van der Waals surface area (Å²) >= 11 is 6.12. The lowest BCUT2D eigenvalue weighted by Crippen LogP contribution is -2.06. The van der Waals surface area contributed by atoms with Crippen molar-refractivity contribution in [3.8, 4) is 17.1 Å². The Morgan fingerprint density at radius 1 is 1.08 bits per heavy atom. The van der Waals surface area contributed by atoms with E-state index in [0.29, 0.717) is 34.7 Å². The van der Waals surface area contributed by atoms with Crippen LogP contribution in [0.4, 0.5) is 17.6 Å². The summed E-state index contributed by atoms with van der Waals surface area (Å²) in [7, 11) is 0. The van der Waals surface area contributed by atoms with Gasteiger partial charge in [-0.1, -0.05) is 29.3 Å². The van der Waals surface area contributed by atoms with Gasteiger partial charge in [-0.05, 0) is 44.2 Å². The number of halogens is 1. The number of rotatable bonds is 5. The van der Waals surface area contributed by atoms with Gasteiger partial charge in [0.1, 0.15) is 5.75 Å². The van der Waals surface area contributed by atoms with E-state index in [1.807, 2.05) is 38.1 Å². The van der Waals surface area contributed by atoms with Crippen molar-refractivity contribution < 1.29 is 4.74 Å². The Labute approximate surface area is 151 Å². The number of benzene rings is 2. The molecule has 1 heterocycles. The van der Waals surface area contributed by atoms with Crippen LogP contribution in [-0.4, -0.2) is 21.6 Å². The number of nitrogen functional groups attached to an aromatic ring is 1. The molecule has 0 bridgehead atoms. The molecular weight excluding hydrogens is 338 g/mol. The lowest BCUT2D eigenvalue weighted by molar-refractivity contribution is 0.341. The number of anilines is 3. The van der Waals surface area contributed by atoms with Gasteiger partial charge in [0.05, 0.1) is 12.2 Å². The first-order chi connectivity index (χ1) is 12.0. The molecule has 0 aliphatic carbocycles. The quantitative estimate of drug-likeness (QED) is 0.712. The van der Waals surface area contributed by atoms with Crippen molar-refractivity contribution in [1.82, 2.24) is 15.0 Å². The van der Waals surface area contributed by atoms with Crippen molar-refractivity contribution in [1.29, 1.82) is 0 Å². The molecule has 6 nitrogen and oxygen atoms in total. The van der Waals surface area contributed by atoms with Gasteiger partial charge in [0.2, 0.25) is 11.9 Å². The van der Waals surface area contributed by atoms with Gasteiger partial charge in [-0.25, -0.2) is 0 Å². The van der Waals surface area contributed by atoms with Gasteiger partial charge in [-0.3, -0.25) is 0 Å². The summed E-state index contributed by atoms with van der Waals surface area (Å²) in [6.45, 7) is 4.45. The lowest BCUT2D eigenvalue weighted by Gasteiger charge is -2.11. The topological polar surface area (TPSA) is 86.0 Å². The summed E-state index contributed by atoms with van der Waals surface area (Å²) in [6, 6.07) is 13.2. The highest BCUT2D eigenvalue weighted by atomic mass is 35.5. The Hall–Kier alpha value is -2.86. The van der Waals surface area contributed by atoms with Crippen LogP contribution in [0.15, 0.2) is 42.5 Å². The molecule has 2 aromatic carbocycles. The third-order valence-corrected chi connectivity index (χ3v) is 3.68. The number of hydrogen-bond acceptors (Lipinski definition) is 6. The van der Waals surface area contributed by atoms with Crippen molar-refractivity contribution in [3.05, 3.63) is 53.1 Å². The number of ether oxygens (including phenoxy) is 1. The number of nitrogens with zero attached hydrogens (tertiary/aromatic N) is 3. The monoisotopic (exact) mass is 355 g/mol. The summed E-state index contributed by atoms with van der Waals surface area (Å²) in [5.74, 6) is 1.50. The molecule has 0 atom stereocenters. The fourth-order valence-electron chi connectivity index (χ4n) is 2.29. The minimum Gasteiger partial charge on any atom is -0.493 e. The van der Waals surface area contributed by atoms with Crippen LogP contribution in [-0.2, 0) is 0 Å². The van der Waals surface area contributed by atoms with Crippen LogP contribution >= 0.6 is 11.6 Å². The molecule has 25 heavy (non-hydrogen) atoms. The molecule has 0 radical (unpaired) electrons. The molecule has 0 amide bonds. The average Bonchev–Trinajstić information content (AvgIpc) is 2.58. The van der Waals surface area contributed by atoms with Crippen LogP contribution in [0.2, 0.25) is 5.02 Å². The van der Waals surface area contributed by atoms with Crippen molar-refractivity contribution in [2.45, 2.75) is 13.8 Å². The average molecular weight is 356 g/mol. The third kappa shape index (κ3) is 4.16. The molecule has 0 saturated heterocycles. The third-order valence-electron chi connectivity index (χ3n) is 3.44. The Kier molecular flexibility index (Phi) is 5.00. The second-order valence-electron chi connectivity index (χ2n) is 5.41. The Morgan fingerprint density at radius 2 is 1.84 bits per heavy atom. The molecule has 0 aliphatic rings. The van der Waals surface area contributed by atoms with E-state index in [-0.39, 0.29) is 5.95 Å². The summed E-state index contributed by atoms with van der Waals surface area (Å²) in [5.41, 5.74) is 8.55. The molecular formula is C18H18ClN5O. The number of nitrogens with one attached hydrogen (secondary N) is 1. The maximum absolute atomic E-state index is 6.12. The molecule has 0 fully saturated rings. The van der Waals surface area contributed by atoms with Crippen LogP contribution in [0.1, 0.15) is 12.5 Å². The van der Waals surface area contributed by atoms with Gasteiger partial charge in [0.15, 0.2) is 5.82 Å². The highest BCUT2D eigenvalue weighted by molar-refractivity contribution is 6.30. The van der Waals surface area contributed by atoms with Crippen LogP contribution < -0.4 is 15.8 Å². The van der Waals surface area contributed by atoms with Crippen LogP contribution in [0.25, 0.3) is 11.4 Å². The van der Waals surface area contributed by atoms with Gasteiger partial charge >= 0.3 is 0 Å². The molecule has 128 valence electrons. The van der Waals surface area contributed by atoms with Crippen molar-refractivity contribution in [3.63, 3.8) is 0 Å². The molecule has 3 rings (SSSR count). The Morgan fingerprint density at radius 3 is 2.56 bits per heavy atom. The van der Waals surface area contributed by atoms with Gasteiger partial charge in [-0.2, -0.15) is 15.0 Å². The molecule has 0 aliphatic heterocycles. The SMILES string of the molecule is CCOc1ccc(Cl)cc1-c1nc(N)nc(Nc2ccc(C)cc2)n1.